The van der Waals surface area contributed by atoms with Gasteiger partial charge in [0.05, 0.1) is 0 Å². The number of ether oxygens (including phenoxy) is 2. The first-order valence-electron chi connectivity index (χ1n) is 3.77. The molecule has 102 valence electrons. The van der Waals surface area contributed by atoms with Crippen LogP contribution in [0.3, 0.4) is 0 Å². The highest BCUT2D eigenvalue weighted by Gasteiger charge is 2.86. The van der Waals surface area contributed by atoms with Gasteiger partial charge in [-0.1, -0.05) is 0 Å². The fourth-order valence-corrected chi connectivity index (χ4v) is 1.01. The lowest BCUT2D eigenvalue weighted by molar-refractivity contribution is -0.463. The van der Waals surface area contributed by atoms with E-state index >= 15 is 0 Å². The highest BCUT2D eigenvalue weighted by atomic mass is 19.4. The highest BCUT2D eigenvalue weighted by Crippen LogP contribution is 2.58. The van der Waals surface area contributed by atoms with Crippen molar-refractivity contribution in [2.45, 2.75) is 37.0 Å². The molecule has 0 saturated carbocycles. The number of rotatable bonds is 0. The van der Waals surface area contributed by atoms with E-state index < -0.39 is 30.1 Å². The third-order valence-corrected chi connectivity index (χ3v) is 1.87. The standard InChI is InChI=1S/C6H3F9O2/c1-2(7)6(14,15)17-3(16-2,4(8,9)10)5(11,12)13/h1H3. The Bertz CT molecular complexity index is 282. The van der Waals surface area contributed by atoms with Crippen LogP contribution < -0.4 is 0 Å². The first-order chi connectivity index (χ1) is 7.16. The molecule has 2 nitrogen and oxygen atoms in total. The van der Waals surface area contributed by atoms with E-state index in [9.17, 15) is 39.5 Å². The van der Waals surface area contributed by atoms with Gasteiger partial charge in [0.15, 0.2) is 0 Å². The monoisotopic (exact) mass is 278 g/mol. The van der Waals surface area contributed by atoms with Gasteiger partial charge in [-0.25, -0.2) is 4.39 Å². The van der Waals surface area contributed by atoms with Crippen molar-refractivity contribution in [2.24, 2.45) is 0 Å². The predicted octanol–water partition coefficient (Wildman–Crippen LogP) is 3.13. The van der Waals surface area contributed by atoms with Crippen LogP contribution in [0, 0.1) is 0 Å². The van der Waals surface area contributed by atoms with Gasteiger partial charge < -0.3 is 0 Å². The van der Waals surface area contributed by atoms with Crippen molar-refractivity contribution in [3.63, 3.8) is 0 Å². The lowest BCUT2D eigenvalue weighted by atomic mass is 10.2. The zero-order valence-corrected chi connectivity index (χ0v) is 7.72. The molecule has 0 spiro atoms. The Morgan fingerprint density at radius 1 is 0.765 bits per heavy atom. The average molecular weight is 278 g/mol. The van der Waals surface area contributed by atoms with Crippen molar-refractivity contribution in [3.8, 4) is 0 Å². The molecule has 1 atom stereocenters. The van der Waals surface area contributed by atoms with Gasteiger partial charge in [-0.15, -0.1) is 0 Å². The van der Waals surface area contributed by atoms with Crippen LogP contribution in [0.4, 0.5) is 39.5 Å². The van der Waals surface area contributed by atoms with Crippen molar-refractivity contribution >= 4 is 0 Å². The van der Waals surface area contributed by atoms with E-state index in [4.69, 9.17) is 0 Å². The minimum absolute atomic E-state index is 0.299. The highest BCUT2D eigenvalue weighted by molar-refractivity contribution is 4.97. The molecule has 1 fully saturated rings. The maximum Gasteiger partial charge on any atom is 0.453 e. The van der Waals surface area contributed by atoms with Crippen LogP contribution in [-0.4, -0.2) is 30.1 Å². The zero-order valence-electron chi connectivity index (χ0n) is 7.72. The lowest BCUT2D eigenvalue weighted by Gasteiger charge is -2.30. The van der Waals surface area contributed by atoms with Gasteiger partial charge in [0, 0.05) is 6.92 Å². The van der Waals surface area contributed by atoms with Crippen molar-refractivity contribution < 1.29 is 49.0 Å². The third-order valence-electron chi connectivity index (χ3n) is 1.87. The first kappa shape index (κ1) is 14.4. The summed E-state index contributed by atoms with van der Waals surface area (Å²) in [5.41, 5.74) is 0. The SMILES string of the molecule is CC1(F)OC(C(F)(F)F)(C(F)(F)F)OC1(F)F. The van der Waals surface area contributed by atoms with E-state index in [1.807, 2.05) is 0 Å². The smallest absolute Gasteiger partial charge is 0.291 e. The van der Waals surface area contributed by atoms with Crippen molar-refractivity contribution in [1.29, 1.82) is 0 Å². The fourth-order valence-electron chi connectivity index (χ4n) is 1.01. The minimum Gasteiger partial charge on any atom is -0.291 e. The molecule has 1 saturated heterocycles. The van der Waals surface area contributed by atoms with Crippen LogP contribution in [0.25, 0.3) is 0 Å². The van der Waals surface area contributed by atoms with Crippen LogP contribution in [0.2, 0.25) is 0 Å². The molecule has 0 N–H and O–H groups in total. The molecule has 1 aliphatic rings. The summed E-state index contributed by atoms with van der Waals surface area (Å²) in [7, 11) is 0. The Morgan fingerprint density at radius 2 is 1.12 bits per heavy atom. The van der Waals surface area contributed by atoms with Crippen molar-refractivity contribution in [3.05, 3.63) is 0 Å². The molecule has 0 bridgehead atoms. The van der Waals surface area contributed by atoms with Gasteiger partial charge >= 0.3 is 30.1 Å². The molecule has 1 unspecified atom stereocenters. The van der Waals surface area contributed by atoms with Crippen molar-refractivity contribution in [2.75, 3.05) is 0 Å². The fraction of sp³-hybridized carbons (Fsp3) is 1.00. The summed E-state index contributed by atoms with van der Waals surface area (Å²) >= 11 is 0. The maximum absolute atomic E-state index is 12.8. The van der Waals surface area contributed by atoms with E-state index in [1.54, 1.807) is 0 Å². The normalized spacial score (nSPS) is 32.8. The largest absolute Gasteiger partial charge is 0.453 e. The Hall–Kier alpha value is -0.710. The quantitative estimate of drug-likeness (QED) is 0.634. The van der Waals surface area contributed by atoms with E-state index in [1.165, 1.54) is 0 Å². The van der Waals surface area contributed by atoms with Crippen LogP contribution >= 0.6 is 0 Å². The molecule has 0 amide bonds. The van der Waals surface area contributed by atoms with E-state index in [-0.39, 0.29) is 6.92 Å². The predicted molar refractivity (Wildman–Crippen MR) is 31.5 cm³/mol. The summed E-state index contributed by atoms with van der Waals surface area (Å²) in [5, 5.41) is 0. The summed E-state index contributed by atoms with van der Waals surface area (Å²) in [4.78, 5) is 0. The minimum atomic E-state index is -6.42. The molecule has 1 heterocycles. The molecule has 0 aliphatic carbocycles. The lowest BCUT2D eigenvalue weighted by Crippen LogP contribution is -2.58. The second-order valence-corrected chi connectivity index (χ2v) is 3.25. The Balaban J connectivity index is 3.34. The van der Waals surface area contributed by atoms with Gasteiger partial charge in [0.25, 0.3) is 0 Å². The number of alkyl halides is 9. The van der Waals surface area contributed by atoms with Crippen LogP contribution in [0.5, 0.6) is 0 Å². The summed E-state index contributed by atoms with van der Waals surface area (Å²) in [6.07, 6.45) is -18.2. The molecule has 0 aromatic rings. The van der Waals surface area contributed by atoms with Gasteiger partial charge in [0.2, 0.25) is 0 Å². The summed E-state index contributed by atoms with van der Waals surface area (Å²) < 4.78 is 116. The maximum atomic E-state index is 12.8. The van der Waals surface area contributed by atoms with Gasteiger partial charge in [-0.2, -0.15) is 35.1 Å². The summed E-state index contributed by atoms with van der Waals surface area (Å²) in [6.45, 7) is -0.299. The van der Waals surface area contributed by atoms with Gasteiger partial charge in [-0.3, -0.25) is 9.47 Å². The molecule has 0 aromatic heterocycles. The van der Waals surface area contributed by atoms with E-state index in [2.05, 4.69) is 9.47 Å². The number of hydrogen-bond donors (Lipinski definition) is 0. The van der Waals surface area contributed by atoms with Crippen LogP contribution in [-0.2, 0) is 9.47 Å². The van der Waals surface area contributed by atoms with Crippen LogP contribution in [0.1, 0.15) is 6.92 Å². The molecule has 17 heavy (non-hydrogen) atoms. The van der Waals surface area contributed by atoms with E-state index in [0.29, 0.717) is 0 Å². The Labute approximate surface area is 87.3 Å². The van der Waals surface area contributed by atoms with E-state index in [0.717, 1.165) is 0 Å². The topological polar surface area (TPSA) is 18.5 Å². The molecular formula is C6H3F9O2. The molecule has 11 heteroatoms. The Morgan fingerprint density at radius 3 is 1.24 bits per heavy atom. The second kappa shape index (κ2) is 3.19. The zero-order chi connectivity index (χ0) is 13.9. The van der Waals surface area contributed by atoms with Gasteiger partial charge in [0.1, 0.15) is 0 Å². The molecule has 0 radical (unpaired) electrons. The van der Waals surface area contributed by atoms with Crippen molar-refractivity contribution in [1.82, 2.24) is 0 Å². The summed E-state index contributed by atoms with van der Waals surface area (Å²) in [5.74, 6) is -10.2. The first-order valence-corrected chi connectivity index (χ1v) is 3.77. The Kier molecular flexibility index (Phi) is 2.69. The van der Waals surface area contributed by atoms with Gasteiger partial charge in [-0.05, 0) is 0 Å². The molecule has 1 rings (SSSR count). The second-order valence-electron chi connectivity index (χ2n) is 3.25. The third kappa shape index (κ3) is 1.84. The van der Waals surface area contributed by atoms with Crippen LogP contribution in [0.15, 0.2) is 0 Å². The molecule has 1 aliphatic heterocycles. The molecular weight excluding hydrogens is 275 g/mol. The summed E-state index contributed by atoms with van der Waals surface area (Å²) in [6, 6.07) is 0. The number of halogens is 9. The average Bonchev–Trinajstić information content (AvgIpc) is 2.15. The number of hydrogen-bond acceptors (Lipinski definition) is 2. The molecule has 0 aromatic carbocycles.